The Morgan fingerprint density at radius 2 is 2.03 bits per heavy atom. The smallest absolute Gasteiger partial charge is 0.338 e. The summed E-state index contributed by atoms with van der Waals surface area (Å²) >= 11 is 1.30. The van der Waals surface area contributed by atoms with E-state index in [0.717, 1.165) is 17.0 Å². The zero-order chi connectivity index (χ0) is 23.0. The highest BCUT2D eigenvalue weighted by Gasteiger charge is 2.34. The number of hydrogen-bond acceptors (Lipinski definition) is 6. The van der Waals surface area contributed by atoms with Crippen molar-refractivity contribution in [3.8, 4) is 5.75 Å². The number of nitrogens with zero attached hydrogens (tertiary/aromatic N) is 2. The Morgan fingerprint density at radius 3 is 2.69 bits per heavy atom. The standard InChI is InChI=1S/C24H25N3O4S/c1-6-31-23(29)20-15(4)26-24-27(21(20)17-9-7-8-10-18(17)30-5)22(28)19(32-24)12-16-11-13(2)25-14(16)3/h7-12,21,25H,6H2,1-5H3/b19-12+. The van der Waals surface area contributed by atoms with E-state index in [2.05, 4.69) is 9.98 Å². The Labute approximate surface area is 189 Å². The number of para-hydroxylation sites is 1. The molecule has 3 aromatic rings. The number of allylic oxidation sites excluding steroid dienone is 1. The highest BCUT2D eigenvalue weighted by molar-refractivity contribution is 7.07. The predicted molar refractivity (Wildman–Crippen MR) is 124 cm³/mol. The van der Waals surface area contributed by atoms with Gasteiger partial charge >= 0.3 is 5.97 Å². The monoisotopic (exact) mass is 451 g/mol. The Balaban J connectivity index is 2.01. The number of benzene rings is 1. The molecule has 1 aliphatic heterocycles. The molecule has 0 saturated heterocycles. The lowest BCUT2D eigenvalue weighted by atomic mass is 9.95. The van der Waals surface area contributed by atoms with Gasteiger partial charge in [0.2, 0.25) is 0 Å². The van der Waals surface area contributed by atoms with Crippen molar-refractivity contribution in [2.24, 2.45) is 4.99 Å². The van der Waals surface area contributed by atoms with Crippen LogP contribution in [0.5, 0.6) is 5.75 Å². The second-order valence-corrected chi connectivity index (χ2v) is 8.59. The number of esters is 1. The van der Waals surface area contributed by atoms with Crippen LogP contribution in [0.1, 0.15) is 42.4 Å². The van der Waals surface area contributed by atoms with E-state index in [4.69, 9.17) is 9.47 Å². The minimum atomic E-state index is -0.697. The molecular formula is C24H25N3O4S. The molecule has 1 unspecified atom stereocenters. The highest BCUT2D eigenvalue weighted by atomic mass is 32.1. The summed E-state index contributed by atoms with van der Waals surface area (Å²) in [6.45, 7) is 7.69. The third-order valence-electron chi connectivity index (χ3n) is 5.43. The molecule has 4 rings (SSSR count). The van der Waals surface area contributed by atoms with Gasteiger partial charge in [0.25, 0.3) is 5.56 Å². The van der Waals surface area contributed by atoms with Crippen LogP contribution >= 0.6 is 11.3 Å². The lowest BCUT2D eigenvalue weighted by Gasteiger charge is -2.25. The number of hydrogen-bond donors (Lipinski definition) is 1. The van der Waals surface area contributed by atoms with E-state index in [-0.39, 0.29) is 12.2 Å². The van der Waals surface area contributed by atoms with Crippen LogP contribution in [0.4, 0.5) is 0 Å². The molecule has 0 aliphatic carbocycles. The number of carbonyl (C=O) groups excluding carboxylic acids is 1. The number of nitrogens with one attached hydrogen (secondary N) is 1. The summed E-state index contributed by atoms with van der Waals surface area (Å²) in [6, 6.07) is 8.69. The molecular weight excluding hydrogens is 426 g/mol. The van der Waals surface area contributed by atoms with E-state index in [0.29, 0.717) is 31.9 Å². The normalized spacial score (nSPS) is 16.0. The molecule has 0 saturated carbocycles. The maximum Gasteiger partial charge on any atom is 0.338 e. The third kappa shape index (κ3) is 3.71. The van der Waals surface area contributed by atoms with Crippen molar-refractivity contribution in [2.45, 2.75) is 33.7 Å². The van der Waals surface area contributed by atoms with Gasteiger partial charge in [-0.25, -0.2) is 9.79 Å². The molecule has 0 bridgehead atoms. The number of thiazole rings is 1. The quantitative estimate of drug-likeness (QED) is 0.605. The van der Waals surface area contributed by atoms with E-state index < -0.39 is 12.0 Å². The van der Waals surface area contributed by atoms with Crippen molar-refractivity contribution in [3.63, 3.8) is 0 Å². The fourth-order valence-corrected chi connectivity index (χ4v) is 5.05. The topological polar surface area (TPSA) is 85.7 Å². The number of aryl methyl sites for hydroxylation is 2. The van der Waals surface area contributed by atoms with Crippen molar-refractivity contribution in [3.05, 3.63) is 83.8 Å². The van der Waals surface area contributed by atoms with Gasteiger partial charge in [0.1, 0.15) is 11.8 Å². The predicted octanol–water partition coefficient (Wildman–Crippen LogP) is 2.75. The summed E-state index contributed by atoms with van der Waals surface area (Å²) in [5.74, 6) is 0.0942. The fraction of sp³-hybridized carbons (Fsp3) is 0.292. The van der Waals surface area contributed by atoms with Gasteiger partial charge in [-0.05, 0) is 51.5 Å². The SMILES string of the molecule is CCOC(=O)C1=C(C)N=c2s/c(=C/c3cc(C)[nH]c3C)c(=O)n2C1c1ccccc1OC. The largest absolute Gasteiger partial charge is 0.496 e. The Hall–Kier alpha value is -3.39. The Bertz CT molecular complexity index is 1410. The molecule has 8 heteroatoms. The van der Waals surface area contributed by atoms with Crippen LogP contribution in [0, 0.1) is 13.8 Å². The summed E-state index contributed by atoms with van der Waals surface area (Å²) in [7, 11) is 1.57. The number of rotatable bonds is 5. The van der Waals surface area contributed by atoms with Crippen LogP contribution in [0.2, 0.25) is 0 Å². The first-order valence-corrected chi connectivity index (χ1v) is 11.2. The molecule has 0 fully saturated rings. The highest BCUT2D eigenvalue weighted by Crippen LogP contribution is 2.35. The molecule has 0 spiro atoms. The minimum Gasteiger partial charge on any atom is -0.496 e. The van der Waals surface area contributed by atoms with Gasteiger partial charge in [-0.1, -0.05) is 29.5 Å². The number of fused-ring (bicyclic) bond motifs is 1. The van der Waals surface area contributed by atoms with Gasteiger partial charge in [-0.2, -0.15) is 0 Å². The van der Waals surface area contributed by atoms with Gasteiger partial charge < -0.3 is 14.5 Å². The molecule has 1 N–H and O–H groups in total. The van der Waals surface area contributed by atoms with Gasteiger partial charge in [0.05, 0.1) is 29.5 Å². The van der Waals surface area contributed by atoms with Crippen molar-refractivity contribution < 1.29 is 14.3 Å². The second-order valence-electron chi connectivity index (χ2n) is 7.58. The number of carbonyl (C=O) groups is 1. The molecule has 1 aromatic carbocycles. The first-order chi connectivity index (χ1) is 15.3. The van der Waals surface area contributed by atoms with Crippen LogP contribution in [-0.2, 0) is 9.53 Å². The van der Waals surface area contributed by atoms with Gasteiger partial charge in [0, 0.05) is 17.0 Å². The molecule has 2 aromatic heterocycles. The van der Waals surface area contributed by atoms with E-state index in [1.54, 1.807) is 25.5 Å². The number of methoxy groups -OCH3 is 1. The third-order valence-corrected chi connectivity index (χ3v) is 6.41. The summed E-state index contributed by atoms with van der Waals surface area (Å²) in [5, 5.41) is 0. The lowest BCUT2D eigenvalue weighted by molar-refractivity contribution is -0.139. The molecule has 32 heavy (non-hydrogen) atoms. The lowest BCUT2D eigenvalue weighted by Crippen LogP contribution is -2.40. The first kappa shape index (κ1) is 21.8. The van der Waals surface area contributed by atoms with Crippen molar-refractivity contribution in [1.82, 2.24) is 9.55 Å². The Morgan fingerprint density at radius 1 is 1.28 bits per heavy atom. The Kier molecular flexibility index (Phi) is 5.88. The molecule has 3 heterocycles. The van der Waals surface area contributed by atoms with Crippen molar-refractivity contribution >= 4 is 23.4 Å². The number of aromatic amines is 1. The van der Waals surface area contributed by atoms with Crippen molar-refractivity contribution in [1.29, 1.82) is 0 Å². The maximum absolute atomic E-state index is 13.6. The fourth-order valence-electron chi connectivity index (χ4n) is 4.01. The molecule has 0 amide bonds. The zero-order valence-corrected chi connectivity index (χ0v) is 19.5. The average molecular weight is 452 g/mol. The summed E-state index contributed by atoms with van der Waals surface area (Å²) in [5.41, 5.74) is 4.31. The summed E-state index contributed by atoms with van der Waals surface area (Å²) in [6.07, 6.45) is 1.87. The van der Waals surface area contributed by atoms with Gasteiger partial charge in [-0.3, -0.25) is 9.36 Å². The molecule has 1 aliphatic rings. The van der Waals surface area contributed by atoms with Crippen LogP contribution in [-0.4, -0.2) is 29.2 Å². The first-order valence-electron chi connectivity index (χ1n) is 10.3. The number of aromatic nitrogens is 2. The van der Waals surface area contributed by atoms with Gasteiger partial charge in [-0.15, -0.1) is 0 Å². The summed E-state index contributed by atoms with van der Waals surface area (Å²) < 4.78 is 13.0. The van der Waals surface area contributed by atoms with E-state index >= 15 is 0 Å². The van der Waals surface area contributed by atoms with E-state index in [9.17, 15) is 9.59 Å². The minimum absolute atomic E-state index is 0.211. The number of ether oxygens (including phenoxy) is 2. The van der Waals surface area contributed by atoms with E-state index in [1.165, 1.54) is 11.3 Å². The molecule has 0 radical (unpaired) electrons. The van der Waals surface area contributed by atoms with Crippen LogP contribution in [0.15, 0.2) is 51.4 Å². The summed E-state index contributed by atoms with van der Waals surface area (Å²) in [4.78, 5) is 35.0. The molecule has 166 valence electrons. The molecule has 7 nitrogen and oxygen atoms in total. The molecule has 1 atom stereocenters. The second kappa shape index (κ2) is 8.63. The number of H-pyrrole nitrogens is 1. The van der Waals surface area contributed by atoms with Gasteiger partial charge in [0.15, 0.2) is 4.80 Å². The van der Waals surface area contributed by atoms with Crippen LogP contribution in [0.25, 0.3) is 6.08 Å². The van der Waals surface area contributed by atoms with Crippen LogP contribution in [0.3, 0.4) is 0 Å². The van der Waals surface area contributed by atoms with E-state index in [1.807, 2.05) is 50.3 Å². The van der Waals surface area contributed by atoms with Crippen LogP contribution < -0.4 is 19.6 Å². The maximum atomic E-state index is 13.6. The zero-order valence-electron chi connectivity index (χ0n) is 18.7. The average Bonchev–Trinajstić information content (AvgIpc) is 3.24. The van der Waals surface area contributed by atoms with Crippen molar-refractivity contribution in [2.75, 3.05) is 13.7 Å².